The second kappa shape index (κ2) is 7.10. The molecule has 6 nitrogen and oxygen atoms in total. The van der Waals surface area contributed by atoms with Gasteiger partial charge in [0.15, 0.2) is 0 Å². The highest BCUT2D eigenvalue weighted by molar-refractivity contribution is 8.04. The Kier molecular flexibility index (Phi) is 5.95. The van der Waals surface area contributed by atoms with Gasteiger partial charge in [0.2, 0.25) is 0 Å². The molecule has 2 rings (SSSR count). The monoisotopic (exact) mass is 363 g/mol. The van der Waals surface area contributed by atoms with Gasteiger partial charge in [-0.25, -0.2) is 16.8 Å². The summed E-state index contributed by atoms with van der Waals surface area (Å²) in [7, 11) is -6.99. The molecule has 0 unspecified atom stereocenters. The van der Waals surface area contributed by atoms with Crippen molar-refractivity contribution in [3.05, 3.63) is 54.6 Å². The van der Waals surface area contributed by atoms with E-state index in [2.05, 4.69) is 0 Å². The van der Waals surface area contributed by atoms with Gasteiger partial charge in [0.05, 0.1) is 16.9 Å². The van der Waals surface area contributed by atoms with Gasteiger partial charge in [0.25, 0.3) is 20.0 Å². The van der Waals surface area contributed by atoms with Crippen molar-refractivity contribution >= 4 is 32.5 Å². The number of ether oxygens (including phenoxy) is 1. The third-order valence-electron chi connectivity index (χ3n) is 2.62. The Hall–Kier alpha value is -1.61. The third kappa shape index (κ3) is 4.20. The molecule has 9 heteroatoms. The first-order chi connectivity index (χ1) is 9.85. The maximum Gasteiger partial charge on any atom is 0.253 e. The lowest BCUT2D eigenvalue weighted by atomic mass is 10.3. The Balaban J connectivity index is 0.00000242. The van der Waals surface area contributed by atoms with Crippen LogP contribution in [0.2, 0.25) is 0 Å². The van der Waals surface area contributed by atoms with Crippen LogP contribution in [0.5, 0.6) is 5.75 Å². The molecule has 0 aliphatic rings. The topological polar surface area (TPSA) is 89.5 Å². The summed E-state index contributed by atoms with van der Waals surface area (Å²) in [5, 5.41) is 0. The average molecular weight is 364 g/mol. The van der Waals surface area contributed by atoms with E-state index < -0.39 is 20.0 Å². The van der Waals surface area contributed by atoms with E-state index in [9.17, 15) is 16.8 Å². The van der Waals surface area contributed by atoms with Gasteiger partial charge in [-0.3, -0.25) is 0 Å². The first kappa shape index (κ1) is 18.4. The molecule has 0 spiro atoms. The molecule has 2 aromatic rings. The molecule has 1 N–H and O–H groups in total. The van der Waals surface area contributed by atoms with E-state index >= 15 is 0 Å². The van der Waals surface area contributed by atoms with Crippen molar-refractivity contribution < 1.29 is 21.6 Å². The Bertz CT molecular complexity index is 836. The van der Waals surface area contributed by atoms with Crippen LogP contribution in [0.15, 0.2) is 64.4 Å². The van der Waals surface area contributed by atoms with Gasteiger partial charge < -0.3 is 4.74 Å². The minimum atomic E-state index is -4.22. The second-order valence-electron chi connectivity index (χ2n) is 4.08. The predicted octanol–water partition coefficient (Wildman–Crippen LogP) is 1.78. The molecule has 2 aromatic carbocycles. The van der Waals surface area contributed by atoms with Crippen molar-refractivity contribution in [1.82, 2.24) is 4.13 Å². The largest absolute Gasteiger partial charge is 0.497 e. The van der Waals surface area contributed by atoms with Crippen molar-refractivity contribution in [3.8, 4) is 5.75 Å². The lowest BCUT2D eigenvalue weighted by molar-refractivity contribution is 0.413. The summed E-state index contributed by atoms with van der Waals surface area (Å²) in [4.78, 5) is -0.321. The summed E-state index contributed by atoms with van der Waals surface area (Å²) in [5.41, 5.74) is 0. The number of hydrogen-bond donors (Lipinski definition) is 1. The van der Waals surface area contributed by atoms with Crippen LogP contribution in [-0.4, -0.2) is 23.9 Å². The minimum Gasteiger partial charge on any atom is -0.497 e. The van der Waals surface area contributed by atoms with Gasteiger partial charge in [0, 0.05) is 6.07 Å². The van der Waals surface area contributed by atoms with Gasteiger partial charge in [-0.1, -0.05) is 24.3 Å². The highest BCUT2D eigenvalue weighted by Crippen LogP contribution is 2.18. The number of hydrogen-bond acceptors (Lipinski definition) is 5. The zero-order chi connectivity index (χ0) is 15.5. The number of benzene rings is 2. The van der Waals surface area contributed by atoms with E-state index in [1.807, 2.05) is 0 Å². The fourth-order valence-corrected chi connectivity index (χ4v) is 4.58. The number of methoxy groups -OCH3 is 1. The fraction of sp³-hybridized carbons (Fsp3) is 0.0769. The molecule has 0 heterocycles. The number of rotatable bonds is 5. The van der Waals surface area contributed by atoms with Crippen LogP contribution in [0.1, 0.15) is 0 Å². The van der Waals surface area contributed by atoms with Crippen LogP contribution in [-0.2, 0) is 20.0 Å². The van der Waals surface area contributed by atoms with Crippen molar-refractivity contribution in [1.29, 1.82) is 0 Å². The van der Waals surface area contributed by atoms with E-state index in [0.29, 0.717) is 5.75 Å². The van der Waals surface area contributed by atoms with Crippen LogP contribution in [0.25, 0.3) is 0 Å². The number of sulfonamides is 2. The quantitative estimate of drug-likeness (QED) is 0.874. The van der Waals surface area contributed by atoms with E-state index in [0.717, 1.165) is 0 Å². The van der Waals surface area contributed by atoms with Gasteiger partial charge in [0.1, 0.15) is 5.75 Å². The lowest BCUT2D eigenvalue weighted by Gasteiger charge is -2.09. The molecule has 0 fully saturated rings. The van der Waals surface area contributed by atoms with Crippen LogP contribution >= 0.6 is 12.4 Å². The van der Waals surface area contributed by atoms with Gasteiger partial charge in [-0.15, -0.1) is 16.5 Å². The van der Waals surface area contributed by atoms with Crippen molar-refractivity contribution in [2.24, 2.45) is 0 Å². The zero-order valence-electron chi connectivity index (χ0n) is 11.5. The van der Waals surface area contributed by atoms with Crippen molar-refractivity contribution in [2.75, 3.05) is 7.11 Å². The molecule has 0 atom stereocenters. The molecule has 0 saturated carbocycles. The molecule has 0 aliphatic carbocycles. The summed E-state index contributed by atoms with van der Waals surface area (Å²) in [6.45, 7) is 0. The van der Waals surface area contributed by atoms with E-state index in [-0.39, 0.29) is 22.2 Å². The van der Waals surface area contributed by atoms with Crippen LogP contribution in [0.3, 0.4) is 0 Å². The molecule has 120 valence electrons. The average Bonchev–Trinajstić information content (AvgIpc) is 2.47. The molecular formula is C13H14ClNO5S2. The maximum absolute atomic E-state index is 12.1. The predicted molar refractivity (Wildman–Crippen MR) is 84.2 cm³/mol. The molecule has 0 amide bonds. The van der Waals surface area contributed by atoms with Crippen molar-refractivity contribution in [2.45, 2.75) is 9.79 Å². The summed E-state index contributed by atoms with van der Waals surface area (Å²) >= 11 is 0. The Labute approximate surface area is 135 Å². The SMILES string of the molecule is COc1cccc(S(=O)(=O)NS(=O)(=O)c2ccccc2)c1.Cl. The zero-order valence-corrected chi connectivity index (χ0v) is 13.9. The molecule has 0 aliphatic heterocycles. The Morgan fingerprint density at radius 3 is 1.95 bits per heavy atom. The summed E-state index contributed by atoms with van der Waals surface area (Å²) in [6, 6.07) is 12.8. The van der Waals surface area contributed by atoms with Crippen LogP contribution in [0.4, 0.5) is 0 Å². The second-order valence-corrected chi connectivity index (χ2v) is 7.71. The molecular weight excluding hydrogens is 350 g/mol. The molecule has 0 saturated heterocycles. The van der Waals surface area contributed by atoms with E-state index in [1.54, 1.807) is 16.3 Å². The first-order valence-corrected chi connectivity index (χ1v) is 8.79. The van der Waals surface area contributed by atoms with Crippen LogP contribution in [0, 0.1) is 0 Å². The normalized spacial score (nSPS) is 11.5. The lowest BCUT2D eigenvalue weighted by Crippen LogP contribution is -2.30. The summed E-state index contributed by atoms with van der Waals surface area (Å²) in [6.07, 6.45) is 0. The van der Waals surface area contributed by atoms with Crippen molar-refractivity contribution in [3.63, 3.8) is 0 Å². The number of nitrogens with one attached hydrogen (secondary N) is 1. The molecule has 0 radical (unpaired) electrons. The molecule has 22 heavy (non-hydrogen) atoms. The molecule has 0 bridgehead atoms. The minimum absolute atomic E-state index is 0. The van der Waals surface area contributed by atoms with Crippen LogP contribution < -0.4 is 8.86 Å². The Morgan fingerprint density at radius 2 is 1.36 bits per heavy atom. The van der Waals surface area contributed by atoms with E-state index in [4.69, 9.17) is 4.74 Å². The van der Waals surface area contributed by atoms with E-state index in [1.165, 1.54) is 49.6 Å². The summed E-state index contributed by atoms with van der Waals surface area (Å²) < 4.78 is 55.0. The van der Waals surface area contributed by atoms with Gasteiger partial charge in [-0.2, -0.15) is 0 Å². The standard InChI is InChI=1S/C13H13NO5S2.ClH/c1-19-11-6-5-9-13(10-11)21(17,18)14-20(15,16)12-7-3-2-4-8-12;/h2-10,14H,1H3;1H. The number of halogens is 1. The van der Waals surface area contributed by atoms with Gasteiger partial charge >= 0.3 is 0 Å². The summed E-state index contributed by atoms with van der Waals surface area (Å²) in [5.74, 6) is 0.315. The Morgan fingerprint density at radius 1 is 0.818 bits per heavy atom. The smallest absolute Gasteiger partial charge is 0.253 e. The fourth-order valence-electron chi connectivity index (χ4n) is 1.61. The third-order valence-corrected chi connectivity index (χ3v) is 6.15. The molecule has 0 aromatic heterocycles. The highest BCUT2D eigenvalue weighted by Gasteiger charge is 2.24. The maximum atomic E-state index is 12.1. The highest BCUT2D eigenvalue weighted by atomic mass is 35.5. The first-order valence-electron chi connectivity index (χ1n) is 5.83. The van der Waals surface area contributed by atoms with Gasteiger partial charge in [-0.05, 0) is 24.3 Å².